The van der Waals surface area contributed by atoms with Gasteiger partial charge in [0.2, 0.25) is 0 Å². The van der Waals surface area contributed by atoms with Gasteiger partial charge in [-0.25, -0.2) is 0 Å². The second-order valence-corrected chi connectivity index (χ2v) is 24.9. The molecule has 0 aliphatic carbocycles. The van der Waals surface area contributed by atoms with E-state index in [9.17, 15) is 9.59 Å². The Morgan fingerprint density at radius 3 is 0.706 bits per heavy atom. The first kappa shape index (κ1) is 58.1. The maximum absolute atomic E-state index is 15.1. The standard InChI is InChI=1S/C52H94N4O12/c1-21-61-53-45(5,6)27-35(28-46(53,7)8)65-41(57)25-39(43(59)67-37-31-49(13,14)55(63-23-3)50(15,16)32-37)40(44(60)68-38-33-51(17,18)56(64-24-4)52(19,20)34-38)26-42(58)66-36-29-47(9,10)54(62-22-2)48(11,12)30-36/h35-40H,21-34H2,1-20H3. The second kappa shape index (κ2) is 21.7. The summed E-state index contributed by atoms with van der Waals surface area (Å²) in [6.45, 7) is 42.4. The highest BCUT2D eigenvalue weighted by Crippen LogP contribution is 2.45. The lowest BCUT2D eigenvalue weighted by atomic mass is 9.79. The Morgan fingerprint density at radius 1 is 0.353 bits per heavy atom. The van der Waals surface area contributed by atoms with Crippen molar-refractivity contribution in [2.24, 2.45) is 11.8 Å². The van der Waals surface area contributed by atoms with Crippen molar-refractivity contribution in [3.05, 3.63) is 0 Å². The Morgan fingerprint density at radius 2 is 0.529 bits per heavy atom. The van der Waals surface area contributed by atoms with Crippen molar-refractivity contribution < 1.29 is 57.5 Å². The minimum atomic E-state index is -1.44. The average Bonchev–Trinajstić information content (AvgIpc) is 3.14. The topological polar surface area (TPSA) is 155 Å². The first-order valence-corrected chi connectivity index (χ1v) is 25.6. The van der Waals surface area contributed by atoms with Crippen molar-refractivity contribution in [1.82, 2.24) is 20.3 Å². The van der Waals surface area contributed by atoms with E-state index in [-0.39, 0.29) is 0 Å². The van der Waals surface area contributed by atoms with Gasteiger partial charge in [-0.3, -0.25) is 38.5 Å². The molecule has 2 atom stereocenters. The Kier molecular flexibility index (Phi) is 18.6. The monoisotopic (exact) mass is 967 g/mol. The van der Waals surface area contributed by atoms with Crippen molar-refractivity contribution in [3.63, 3.8) is 0 Å². The van der Waals surface area contributed by atoms with Crippen LogP contribution in [0.2, 0.25) is 0 Å². The van der Waals surface area contributed by atoms with Gasteiger partial charge >= 0.3 is 23.9 Å². The molecule has 4 heterocycles. The molecule has 4 fully saturated rings. The Balaban J connectivity index is 1.75. The lowest BCUT2D eigenvalue weighted by Crippen LogP contribution is -2.62. The molecule has 0 spiro atoms. The Labute approximate surface area is 410 Å². The summed E-state index contributed by atoms with van der Waals surface area (Å²) in [6, 6.07) is 0. The van der Waals surface area contributed by atoms with Crippen LogP contribution >= 0.6 is 0 Å². The molecule has 2 unspecified atom stereocenters. The normalized spacial score (nSPS) is 26.4. The number of hydrogen-bond donors (Lipinski definition) is 0. The summed E-state index contributed by atoms with van der Waals surface area (Å²) in [5, 5.41) is 7.89. The van der Waals surface area contributed by atoms with Crippen LogP contribution in [0.5, 0.6) is 0 Å². The largest absolute Gasteiger partial charge is 0.462 e. The molecule has 4 rings (SSSR count). The van der Waals surface area contributed by atoms with E-state index in [0.29, 0.717) is 77.8 Å². The van der Waals surface area contributed by atoms with Crippen LogP contribution in [0, 0.1) is 11.8 Å². The highest BCUT2D eigenvalue weighted by atomic mass is 16.7. The molecular weight excluding hydrogens is 873 g/mol. The van der Waals surface area contributed by atoms with Gasteiger partial charge in [0.05, 0.1) is 51.1 Å². The molecule has 16 nitrogen and oxygen atoms in total. The fourth-order valence-electron chi connectivity index (χ4n) is 13.0. The van der Waals surface area contributed by atoms with E-state index in [1.165, 1.54) is 0 Å². The zero-order valence-corrected chi connectivity index (χ0v) is 46.1. The summed E-state index contributed by atoms with van der Waals surface area (Å²) < 4.78 is 25.5. The van der Waals surface area contributed by atoms with Crippen LogP contribution in [0.25, 0.3) is 0 Å². The third kappa shape index (κ3) is 13.9. The van der Waals surface area contributed by atoms with Crippen molar-refractivity contribution >= 4 is 23.9 Å². The quantitative estimate of drug-likeness (QED) is 0.0892. The predicted octanol–water partition coefficient (Wildman–Crippen LogP) is 9.06. The van der Waals surface area contributed by atoms with Crippen molar-refractivity contribution in [1.29, 1.82) is 0 Å². The summed E-state index contributed by atoms with van der Waals surface area (Å²) in [5.41, 5.74) is -4.12. The Hall–Kier alpha value is -2.44. The van der Waals surface area contributed by atoms with Gasteiger partial charge in [-0.1, -0.05) is 0 Å². The molecule has 0 amide bonds. The van der Waals surface area contributed by atoms with Crippen LogP contribution < -0.4 is 0 Å². The molecule has 0 saturated carbocycles. The van der Waals surface area contributed by atoms with Gasteiger partial charge in [-0.05, 0) is 138 Å². The molecule has 0 aromatic heterocycles. The molecule has 16 heteroatoms. The van der Waals surface area contributed by atoms with E-state index < -0.39 is 117 Å². The number of carbonyl (C=O) groups is 4. The average molecular weight is 967 g/mol. The molecule has 0 N–H and O–H groups in total. The molecular formula is C52H94N4O12. The van der Waals surface area contributed by atoms with Gasteiger partial charge in [0.1, 0.15) is 24.4 Å². The second-order valence-electron chi connectivity index (χ2n) is 24.9. The van der Waals surface area contributed by atoms with Crippen LogP contribution in [0.1, 0.15) is 203 Å². The molecule has 4 aliphatic rings. The van der Waals surface area contributed by atoms with Gasteiger partial charge in [-0.15, -0.1) is 0 Å². The lowest BCUT2D eigenvalue weighted by molar-refractivity contribution is -0.292. The lowest BCUT2D eigenvalue weighted by Gasteiger charge is -2.53. The number of esters is 4. The van der Waals surface area contributed by atoms with Crippen molar-refractivity contribution in [3.8, 4) is 0 Å². The minimum absolute atomic E-state index is 0.424. The number of hydrogen-bond acceptors (Lipinski definition) is 16. The number of ether oxygens (including phenoxy) is 4. The first-order valence-electron chi connectivity index (χ1n) is 25.6. The van der Waals surface area contributed by atoms with E-state index in [1.54, 1.807) is 0 Å². The van der Waals surface area contributed by atoms with Crippen LogP contribution in [0.3, 0.4) is 0 Å². The van der Waals surface area contributed by atoms with Gasteiger partial charge < -0.3 is 18.9 Å². The van der Waals surface area contributed by atoms with E-state index in [2.05, 4.69) is 0 Å². The minimum Gasteiger partial charge on any atom is -0.462 e. The van der Waals surface area contributed by atoms with Crippen LogP contribution in [0.4, 0.5) is 0 Å². The van der Waals surface area contributed by atoms with E-state index >= 15 is 9.59 Å². The molecule has 0 aromatic carbocycles. The molecule has 4 saturated heterocycles. The molecule has 0 radical (unpaired) electrons. The fourth-order valence-corrected chi connectivity index (χ4v) is 13.0. The van der Waals surface area contributed by atoms with E-state index in [0.717, 1.165) is 0 Å². The fraction of sp³-hybridized carbons (Fsp3) is 0.923. The predicted molar refractivity (Wildman–Crippen MR) is 259 cm³/mol. The molecule has 4 aliphatic heterocycles. The van der Waals surface area contributed by atoms with E-state index in [4.69, 9.17) is 38.3 Å². The smallest absolute Gasteiger partial charge is 0.310 e. The molecule has 0 bridgehead atoms. The van der Waals surface area contributed by atoms with Gasteiger partial charge in [-0.2, -0.15) is 20.3 Å². The van der Waals surface area contributed by atoms with Crippen molar-refractivity contribution in [2.45, 2.75) is 271 Å². The van der Waals surface area contributed by atoms with Gasteiger partial charge in [0, 0.05) is 95.7 Å². The molecule has 68 heavy (non-hydrogen) atoms. The van der Waals surface area contributed by atoms with Crippen LogP contribution in [0.15, 0.2) is 0 Å². The maximum atomic E-state index is 15.1. The number of carbonyl (C=O) groups excluding carboxylic acids is 4. The third-order valence-electron chi connectivity index (χ3n) is 14.3. The van der Waals surface area contributed by atoms with E-state index in [1.807, 2.05) is 159 Å². The first-order chi connectivity index (χ1) is 31.1. The molecule has 0 aromatic rings. The van der Waals surface area contributed by atoms with Gasteiger partial charge in [0.25, 0.3) is 0 Å². The summed E-state index contributed by atoms with van der Waals surface area (Å²) in [7, 11) is 0. The Bertz CT molecular complexity index is 1550. The molecule has 394 valence electrons. The summed E-state index contributed by atoms with van der Waals surface area (Å²) in [4.78, 5) is 83.5. The third-order valence-corrected chi connectivity index (χ3v) is 14.3. The zero-order chi connectivity index (χ0) is 51.6. The number of hydroxylamine groups is 8. The van der Waals surface area contributed by atoms with Gasteiger partial charge in [0.15, 0.2) is 0 Å². The van der Waals surface area contributed by atoms with Crippen molar-refractivity contribution in [2.75, 3.05) is 26.4 Å². The van der Waals surface area contributed by atoms with Crippen LogP contribution in [-0.4, -0.2) is 139 Å². The summed E-state index contributed by atoms with van der Waals surface area (Å²) >= 11 is 0. The zero-order valence-electron chi connectivity index (χ0n) is 46.1. The SMILES string of the molecule is CCON1C(C)(C)CC(OC(=O)CC(C(=O)OC2CC(C)(C)N(OCC)C(C)(C)C2)C(CC(=O)OC2CC(C)(C)N(OCC)C(C)(C)C2)C(=O)OC2CC(C)(C)N(OCC)C(C)(C)C2)CC1(C)C. The van der Waals surface area contributed by atoms with Crippen LogP contribution in [-0.2, 0) is 57.5 Å². The number of piperidine rings is 4. The highest BCUT2D eigenvalue weighted by molar-refractivity contribution is 5.89. The summed E-state index contributed by atoms with van der Waals surface area (Å²) in [6.07, 6.45) is 0.312. The number of nitrogens with zero attached hydrogens (tertiary/aromatic N) is 4. The maximum Gasteiger partial charge on any atom is 0.310 e. The summed E-state index contributed by atoms with van der Waals surface area (Å²) in [5.74, 6) is -5.79. The number of rotatable bonds is 19. The highest BCUT2D eigenvalue weighted by Gasteiger charge is 2.53.